The molecule has 2 aromatic rings. The van der Waals surface area contributed by atoms with Gasteiger partial charge in [0.25, 0.3) is 0 Å². The van der Waals surface area contributed by atoms with E-state index in [-0.39, 0.29) is 0 Å². The van der Waals surface area contributed by atoms with E-state index in [1.807, 2.05) is 18.2 Å². The fourth-order valence-electron chi connectivity index (χ4n) is 1.51. The van der Waals surface area contributed by atoms with E-state index in [0.717, 1.165) is 16.6 Å². The number of fused-ring (bicyclic) bond motifs is 1. The Labute approximate surface area is 91.5 Å². The lowest BCUT2D eigenvalue weighted by atomic mass is 10.1. The van der Waals surface area contributed by atoms with Crippen LogP contribution in [-0.4, -0.2) is 9.97 Å². The second-order valence-corrected chi connectivity index (χ2v) is 4.26. The smallest absolute Gasteiger partial charge is 0.197 e. The lowest BCUT2D eigenvalue weighted by molar-refractivity contribution is 0.822. The van der Waals surface area contributed by atoms with E-state index in [2.05, 4.69) is 45.8 Å². The zero-order valence-corrected chi connectivity index (χ0v) is 9.75. The van der Waals surface area contributed by atoms with Crippen LogP contribution in [0.4, 0.5) is 0 Å². The Morgan fingerprint density at radius 3 is 2.57 bits per heavy atom. The topological polar surface area (TPSA) is 25.8 Å². The van der Waals surface area contributed by atoms with Crippen LogP contribution in [0, 0.1) is 0 Å². The fourth-order valence-corrected chi connectivity index (χ4v) is 1.89. The van der Waals surface area contributed by atoms with E-state index in [1.165, 1.54) is 0 Å². The normalized spacial score (nSPS) is 11.1. The van der Waals surface area contributed by atoms with Crippen molar-refractivity contribution in [3.8, 4) is 0 Å². The van der Waals surface area contributed by atoms with Crippen LogP contribution in [0.1, 0.15) is 25.5 Å². The summed E-state index contributed by atoms with van der Waals surface area (Å²) in [7, 11) is 0. The number of nitrogens with zero attached hydrogens (tertiary/aromatic N) is 2. The summed E-state index contributed by atoms with van der Waals surface area (Å²) in [5, 5.41) is 1.14. The largest absolute Gasteiger partial charge is 0.226 e. The molecule has 1 aromatic carbocycles. The van der Waals surface area contributed by atoms with E-state index in [9.17, 15) is 0 Å². The summed E-state index contributed by atoms with van der Waals surface area (Å²) >= 11 is 3.33. The van der Waals surface area contributed by atoms with Crippen molar-refractivity contribution in [2.75, 3.05) is 0 Å². The van der Waals surface area contributed by atoms with Gasteiger partial charge in [0.1, 0.15) is 0 Å². The first-order chi connectivity index (χ1) is 6.68. The molecule has 0 aliphatic carbocycles. The van der Waals surface area contributed by atoms with Gasteiger partial charge < -0.3 is 0 Å². The van der Waals surface area contributed by atoms with Gasteiger partial charge in [0.15, 0.2) is 4.73 Å². The van der Waals surface area contributed by atoms with E-state index < -0.39 is 0 Å². The maximum absolute atomic E-state index is 4.41. The molecule has 0 atom stereocenters. The lowest BCUT2D eigenvalue weighted by Crippen LogP contribution is -1.97. The highest BCUT2D eigenvalue weighted by Gasteiger charge is 2.08. The van der Waals surface area contributed by atoms with Gasteiger partial charge in [-0.3, -0.25) is 0 Å². The Bertz CT molecular complexity index is 466. The van der Waals surface area contributed by atoms with Crippen molar-refractivity contribution in [1.82, 2.24) is 9.97 Å². The lowest BCUT2D eigenvalue weighted by Gasteiger charge is -2.08. The molecular formula is C11H11BrN2. The Morgan fingerprint density at radius 1 is 1.14 bits per heavy atom. The van der Waals surface area contributed by atoms with Gasteiger partial charge in [0.05, 0.1) is 11.2 Å². The summed E-state index contributed by atoms with van der Waals surface area (Å²) in [5.74, 6) is 0.416. The van der Waals surface area contributed by atoms with Crippen molar-refractivity contribution in [3.63, 3.8) is 0 Å². The van der Waals surface area contributed by atoms with Crippen LogP contribution in [0.3, 0.4) is 0 Å². The third-order valence-corrected chi connectivity index (χ3v) is 2.51. The average Bonchev–Trinajstić information content (AvgIpc) is 2.16. The summed E-state index contributed by atoms with van der Waals surface area (Å²) in [5.41, 5.74) is 2.10. The van der Waals surface area contributed by atoms with Gasteiger partial charge in [-0.25, -0.2) is 9.97 Å². The van der Waals surface area contributed by atoms with Gasteiger partial charge >= 0.3 is 0 Å². The van der Waals surface area contributed by atoms with E-state index >= 15 is 0 Å². The standard InChI is InChI=1S/C11H11BrN2/c1-7(2)10-8-5-3-4-6-9(8)13-11(12)14-10/h3-7H,1-2H3. The first-order valence-electron chi connectivity index (χ1n) is 4.60. The quantitative estimate of drug-likeness (QED) is 0.724. The van der Waals surface area contributed by atoms with Gasteiger partial charge in [0, 0.05) is 5.39 Å². The molecule has 1 heterocycles. The van der Waals surface area contributed by atoms with Crippen molar-refractivity contribution < 1.29 is 0 Å². The van der Waals surface area contributed by atoms with E-state index in [0.29, 0.717) is 10.7 Å². The molecular weight excluding hydrogens is 240 g/mol. The molecule has 0 saturated carbocycles. The first kappa shape index (κ1) is 9.59. The maximum Gasteiger partial charge on any atom is 0.197 e. The van der Waals surface area contributed by atoms with Crippen LogP contribution < -0.4 is 0 Å². The second-order valence-electron chi connectivity index (χ2n) is 3.55. The molecule has 0 N–H and O–H groups in total. The second kappa shape index (κ2) is 3.65. The molecule has 14 heavy (non-hydrogen) atoms. The molecule has 2 nitrogen and oxygen atoms in total. The molecule has 0 aliphatic rings. The van der Waals surface area contributed by atoms with Crippen LogP contribution in [0.2, 0.25) is 0 Å². The molecule has 3 heteroatoms. The zero-order chi connectivity index (χ0) is 10.1. The van der Waals surface area contributed by atoms with Crippen molar-refractivity contribution in [3.05, 3.63) is 34.7 Å². The van der Waals surface area contributed by atoms with Gasteiger partial charge in [0.2, 0.25) is 0 Å². The first-order valence-corrected chi connectivity index (χ1v) is 5.40. The predicted octanol–water partition coefficient (Wildman–Crippen LogP) is 3.52. The fraction of sp³-hybridized carbons (Fsp3) is 0.273. The van der Waals surface area contributed by atoms with Gasteiger partial charge in [-0.2, -0.15) is 0 Å². The van der Waals surface area contributed by atoms with Crippen molar-refractivity contribution in [1.29, 1.82) is 0 Å². The SMILES string of the molecule is CC(C)c1nc(Br)nc2ccccc12. The van der Waals surface area contributed by atoms with Crippen LogP contribution in [0.25, 0.3) is 10.9 Å². The molecule has 0 radical (unpaired) electrons. The summed E-state index contributed by atoms with van der Waals surface area (Å²) in [4.78, 5) is 8.73. The minimum Gasteiger partial charge on any atom is -0.226 e. The number of para-hydroxylation sites is 1. The third-order valence-electron chi connectivity index (χ3n) is 2.15. The molecule has 0 spiro atoms. The Morgan fingerprint density at radius 2 is 1.86 bits per heavy atom. The number of aromatic nitrogens is 2. The number of hydrogen-bond donors (Lipinski definition) is 0. The number of benzene rings is 1. The van der Waals surface area contributed by atoms with Crippen LogP contribution in [0.5, 0.6) is 0 Å². The van der Waals surface area contributed by atoms with Crippen molar-refractivity contribution in [2.24, 2.45) is 0 Å². The van der Waals surface area contributed by atoms with Gasteiger partial charge in [-0.15, -0.1) is 0 Å². The predicted molar refractivity (Wildman–Crippen MR) is 61.3 cm³/mol. The molecule has 0 fully saturated rings. The molecule has 0 saturated heterocycles. The van der Waals surface area contributed by atoms with Crippen LogP contribution in [-0.2, 0) is 0 Å². The van der Waals surface area contributed by atoms with Gasteiger partial charge in [-0.05, 0) is 27.9 Å². The summed E-state index contributed by atoms with van der Waals surface area (Å²) in [6, 6.07) is 8.09. The Hall–Kier alpha value is -0.960. The average molecular weight is 251 g/mol. The van der Waals surface area contributed by atoms with Crippen LogP contribution in [0.15, 0.2) is 29.0 Å². The van der Waals surface area contributed by atoms with E-state index in [1.54, 1.807) is 0 Å². The zero-order valence-electron chi connectivity index (χ0n) is 8.16. The Balaban J connectivity index is 2.80. The van der Waals surface area contributed by atoms with Crippen molar-refractivity contribution in [2.45, 2.75) is 19.8 Å². The monoisotopic (exact) mass is 250 g/mol. The van der Waals surface area contributed by atoms with Gasteiger partial charge in [-0.1, -0.05) is 32.0 Å². The number of rotatable bonds is 1. The molecule has 72 valence electrons. The molecule has 2 rings (SSSR count). The van der Waals surface area contributed by atoms with E-state index in [4.69, 9.17) is 0 Å². The molecule has 0 unspecified atom stereocenters. The summed E-state index contributed by atoms with van der Waals surface area (Å²) in [6.07, 6.45) is 0. The highest BCUT2D eigenvalue weighted by Crippen LogP contribution is 2.23. The number of hydrogen-bond acceptors (Lipinski definition) is 2. The molecule has 0 bridgehead atoms. The molecule has 0 amide bonds. The minimum absolute atomic E-state index is 0.416. The molecule has 0 aliphatic heterocycles. The highest BCUT2D eigenvalue weighted by atomic mass is 79.9. The summed E-state index contributed by atoms with van der Waals surface area (Å²) < 4.78 is 0.667. The number of halogens is 1. The molecule has 1 aromatic heterocycles. The third kappa shape index (κ3) is 1.64. The minimum atomic E-state index is 0.416. The highest BCUT2D eigenvalue weighted by molar-refractivity contribution is 9.10. The maximum atomic E-state index is 4.41. The Kier molecular flexibility index (Phi) is 2.50. The summed E-state index contributed by atoms with van der Waals surface area (Å²) in [6.45, 7) is 4.28. The van der Waals surface area contributed by atoms with Crippen LogP contribution >= 0.6 is 15.9 Å². The van der Waals surface area contributed by atoms with Crippen molar-refractivity contribution >= 4 is 26.8 Å².